The van der Waals surface area contributed by atoms with Crippen LogP contribution in [0.1, 0.15) is 15.9 Å². The van der Waals surface area contributed by atoms with Crippen LogP contribution in [-0.4, -0.2) is 15.6 Å². The Morgan fingerprint density at radius 3 is 2.52 bits per heavy atom. The van der Waals surface area contributed by atoms with Gasteiger partial charge in [-0.2, -0.15) is 0 Å². The second-order valence-corrected chi connectivity index (χ2v) is 5.88. The number of aromatic nitrogens is 1. The third-order valence-corrected chi connectivity index (χ3v) is 4.29. The van der Waals surface area contributed by atoms with Gasteiger partial charge < -0.3 is 9.67 Å². The molecular formula is C17H11Cl2NO3. The number of hydrogen-bond donors (Lipinski definition) is 1. The molecule has 3 rings (SSSR count). The Hall–Kier alpha value is -2.30. The lowest BCUT2D eigenvalue weighted by atomic mass is 10.1. The molecule has 0 fully saturated rings. The summed E-state index contributed by atoms with van der Waals surface area (Å²) < 4.78 is 1.72. The second-order valence-electron chi connectivity index (χ2n) is 5.07. The fourth-order valence-corrected chi connectivity index (χ4v) is 2.78. The van der Waals surface area contributed by atoms with Crippen LogP contribution in [0.5, 0.6) is 0 Å². The number of fused-ring (bicyclic) bond motifs is 1. The molecular weight excluding hydrogens is 337 g/mol. The lowest BCUT2D eigenvalue weighted by Gasteiger charge is -2.13. The van der Waals surface area contributed by atoms with Crippen molar-refractivity contribution in [2.24, 2.45) is 0 Å². The Morgan fingerprint density at radius 2 is 1.83 bits per heavy atom. The number of para-hydroxylation sites is 1. The molecule has 4 nitrogen and oxygen atoms in total. The van der Waals surface area contributed by atoms with Gasteiger partial charge in [-0.3, -0.25) is 4.79 Å². The summed E-state index contributed by atoms with van der Waals surface area (Å²) in [5, 5.41) is 10.5. The molecule has 0 saturated heterocycles. The molecule has 0 spiro atoms. The summed E-state index contributed by atoms with van der Waals surface area (Å²) >= 11 is 11.9. The maximum absolute atomic E-state index is 12.2. The molecule has 0 aliphatic carbocycles. The van der Waals surface area contributed by atoms with Gasteiger partial charge in [0, 0.05) is 18.1 Å². The van der Waals surface area contributed by atoms with E-state index in [1.165, 1.54) is 6.20 Å². The Labute approximate surface area is 141 Å². The van der Waals surface area contributed by atoms with Crippen molar-refractivity contribution in [3.05, 3.63) is 80.1 Å². The van der Waals surface area contributed by atoms with Gasteiger partial charge in [-0.1, -0.05) is 41.4 Å². The van der Waals surface area contributed by atoms with Crippen molar-refractivity contribution in [2.45, 2.75) is 6.54 Å². The van der Waals surface area contributed by atoms with E-state index in [9.17, 15) is 14.7 Å². The number of pyridine rings is 1. The van der Waals surface area contributed by atoms with Crippen LogP contribution in [0.4, 0.5) is 0 Å². The second kappa shape index (κ2) is 6.07. The SMILES string of the molecule is O=C(O)c1cn(Cc2ccc(Cl)c(Cl)c2)c2ccccc2c1=O. The van der Waals surface area contributed by atoms with Crippen molar-refractivity contribution in [3.63, 3.8) is 0 Å². The normalized spacial score (nSPS) is 10.9. The fourth-order valence-electron chi connectivity index (χ4n) is 2.46. The van der Waals surface area contributed by atoms with E-state index in [-0.39, 0.29) is 5.56 Å². The summed E-state index contributed by atoms with van der Waals surface area (Å²) in [6.45, 7) is 0.373. The van der Waals surface area contributed by atoms with Crippen LogP contribution < -0.4 is 5.43 Å². The van der Waals surface area contributed by atoms with E-state index < -0.39 is 11.4 Å². The third-order valence-electron chi connectivity index (χ3n) is 3.56. The molecule has 2 aromatic carbocycles. The number of hydrogen-bond acceptors (Lipinski definition) is 2. The predicted molar refractivity (Wildman–Crippen MR) is 90.7 cm³/mol. The quantitative estimate of drug-likeness (QED) is 0.777. The van der Waals surface area contributed by atoms with Gasteiger partial charge in [0.25, 0.3) is 0 Å². The standard InChI is InChI=1S/C17H11Cl2NO3/c18-13-6-5-10(7-14(13)19)8-20-9-12(17(22)23)16(21)11-3-1-2-4-15(11)20/h1-7,9H,8H2,(H,22,23). The minimum Gasteiger partial charge on any atom is -0.477 e. The Bertz CT molecular complexity index is 979. The van der Waals surface area contributed by atoms with E-state index in [4.69, 9.17) is 23.2 Å². The maximum atomic E-state index is 12.2. The highest BCUT2D eigenvalue weighted by Gasteiger charge is 2.14. The molecule has 23 heavy (non-hydrogen) atoms. The summed E-state index contributed by atoms with van der Waals surface area (Å²) in [5.74, 6) is -1.25. The smallest absolute Gasteiger partial charge is 0.341 e. The molecule has 6 heteroatoms. The number of nitrogens with zero attached hydrogens (tertiary/aromatic N) is 1. The maximum Gasteiger partial charge on any atom is 0.341 e. The molecule has 0 aliphatic heterocycles. The van der Waals surface area contributed by atoms with Crippen LogP contribution in [0.15, 0.2) is 53.5 Å². The highest BCUT2D eigenvalue weighted by molar-refractivity contribution is 6.42. The van der Waals surface area contributed by atoms with Gasteiger partial charge in [0.1, 0.15) is 5.56 Å². The Kier molecular flexibility index (Phi) is 4.11. The van der Waals surface area contributed by atoms with E-state index in [0.717, 1.165) is 5.56 Å². The van der Waals surface area contributed by atoms with Crippen LogP contribution in [-0.2, 0) is 6.54 Å². The van der Waals surface area contributed by atoms with Crippen molar-refractivity contribution in [3.8, 4) is 0 Å². The van der Waals surface area contributed by atoms with Gasteiger partial charge >= 0.3 is 5.97 Å². The molecule has 1 heterocycles. The number of carboxylic acids is 1. The first-order chi connectivity index (χ1) is 11.0. The molecule has 0 bridgehead atoms. The van der Waals surface area contributed by atoms with E-state index in [2.05, 4.69) is 0 Å². The first-order valence-electron chi connectivity index (χ1n) is 6.77. The number of benzene rings is 2. The van der Waals surface area contributed by atoms with Gasteiger partial charge in [-0.25, -0.2) is 4.79 Å². The number of halogens is 2. The summed E-state index contributed by atoms with van der Waals surface area (Å²) in [5.41, 5.74) is 0.764. The largest absolute Gasteiger partial charge is 0.477 e. The molecule has 0 atom stereocenters. The average Bonchev–Trinajstić information content (AvgIpc) is 2.53. The van der Waals surface area contributed by atoms with E-state index in [1.54, 1.807) is 41.0 Å². The Balaban J connectivity index is 2.20. The van der Waals surface area contributed by atoms with Gasteiger partial charge in [-0.15, -0.1) is 0 Å². The molecule has 1 N–H and O–H groups in total. The summed E-state index contributed by atoms with van der Waals surface area (Å²) in [6, 6.07) is 12.1. The van der Waals surface area contributed by atoms with Crippen LogP contribution in [0.25, 0.3) is 10.9 Å². The lowest BCUT2D eigenvalue weighted by Crippen LogP contribution is -2.19. The third kappa shape index (κ3) is 2.96. The summed E-state index contributed by atoms with van der Waals surface area (Å²) in [4.78, 5) is 23.6. The van der Waals surface area contributed by atoms with Crippen molar-refractivity contribution < 1.29 is 9.90 Å². The van der Waals surface area contributed by atoms with Gasteiger partial charge in [0.05, 0.1) is 15.6 Å². The van der Waals surface area contributed by atoms with Crippen LogP contribution in [0.3, 0.4) is 0 Å². The summed E-state index contributed by atoms with van der Waals surface area (Å²) in [7, 11) is 0. The monoisotopic (exact) mass is 347 g/mol. The highest BCUT2D eigenvalue weighted by atomic mass is 35.5. The summed E-state index contributed by atoms with van der Waals surface area (Å²) in [6.07, 6.45) is 1.36. The van der Waals surface area contributed by atoms with E-state index >= 15 is 0 Å². The fraction of sp³-hybridized carbons (Fsp3) is 0.0588. The molecule has 0 saturated carbocycles. The lowest BCUT2D eigenvalue weighted by molar-refractivity contribution is 0.0695. The number of aromatic carboxylic acids is 1. The first-order valence-corrected chi connectivity index (χ1v) is 7.52. The molecule has 116 valence electrons. The zero-order chi connectivity index (χ0) is 16.6. The number of rotatable bonds is 3. The molecule has 0 unspecified atom stereocenters. The van der Waals surface area contributed by atoms with Crippen LogP contribution in [0.2, 0.25) is 10.0 Å². The zero-order valence-corrected chi connectivity index (χ0v) is 13.3. The zero-order valence-electron chi connectivity index (χ0n) is 11.8. The van der Waals surface area contributed by atoms with Gasteiger partial charge in [-0.05, 0) is 29.8 Å². The minimum atomic E-state index is -1.25. The Morgan fingerprint density at radius 1 is 1.09 bits per heavy atom. The topological polar surface area (TPSA) is 59.3 Å². The number of carboxylic acid groups (broad SMARTS) is 1. The first kappa shape index (κ1) is 15.6. The van der Waals surface area contributed by atoms with Crippen molar-refractivity contribution >= 4 is 40.1 Å². The number of carbonyl (C=O) groups is 1. The van der Waals surface area contributed by atoms with Crippen molar-refractivity contribution in [2.75, 3.05) is 0 Å². The molecule has 1 aromatic heterocycles. The molecule has 0 amide bonds. The van der Waals surface area contributed by atoms with Crippen LogP contribution >= 0.6 is 23.2 Å². The molecule has 3 aromatic rings. The van der Waals surface area contributed by atoms with Crippen molar-refractivity contribution in [1.29, 1.82) is 0 Å². The molecule has 0 radical (unpaired) electrons. The molecule has 0 aliphatic rings. The predicted octanol–water partition coefficient (Wildman–Crippen LogP) is 4.05. The average molecular weight is 348 g/mol. The van der Waals surface area contributed by atoms with Crippen molar-refractivity contribution in [1.82, 2.24) is 4.57 Å². The van der Waals surface area contributed by atoms with E-state index in [1.807, 2.05) is 6.07 Å². The highest BCUT2D eigenvalue weighted by Crippen LogP contribution is 2.23. The van der Waals surface area contributed by atoms with Gasteiger partial charge in [0.2, 0.25) is 5.43 Å². The van der Waals surface area contributed by atoms with E-state index in [0.29, 0.717) is 27.5 Å². The minimum absolute atomic E-state index is 0.260. The van der Waals surface area contributed by atoms with Crippen LogP contribution in [0, 0.1) is 0 Å². The van der Waals surface area contributed by atoms with Gasteiger partial charge in [0.15, 0.2) is 0 Å².